The third kappa shape index (κ3) is 2.67. The summed E-state index contributed by atoms with van der Waals surface area (Å²) >= 11 is 0. The van der Waals surface area contributed by atoms with Crippen molar-refractivity contribution in [3.8, 4) is 6.07 Å². The van der Waals surface area contributed by atoms with Crippen molar-refractivity contribution >= 4 is 0 Å². The van der Waals surface area contributed by atoms with Crippen LogP contribution in [0.3, 0.4) is 0 Å². The van der Waals surface area contributed by atoms with Crippen molar-refractivity contribution < 1.29 is 21.5 Å². The van der Waals surface area contributed by atoms with Gasteiger partial charge in [-0.3, -0.25) is 0 Å². The minimum Gasteiger partial charge on any atom is -1.00 e. The van der Waals surface area contributed by atoms with Gasteiger partial charge in [-0.15, -0.1) is 4.68 Å². The maximum atomic E-state index is 8.92. The molecule has 16 heavy (non-hydrogen) atoms. The smallest absolute Gasteiger partial charge is 0.265 e. The lowest BCUT2D eigenvalue weighted by atomic mass is 10.1. The Kier molecular flexibility index (Phi) is 4.20. The highest BCUT2D eigenvalue weighted by molar-refractivity contribution is 5.36. The molecule has 5 heteroatoms. The quantitative estimate of drug-likeness (QED) is 0.577. The van der Waals surface area contributed by atoms with Gasteiger partial charge in [0.2, 0.25) is 6.33 Å². The zero-order valence-electron chi connectivity index (χ0n) is 8.84. The number of rotatable bonds is 2. The van der Waals surface area contributed by atoms with Crippen molar-refractivity contribution in [3.05, 3.63) is 48.0 Å². The van der Waals surface area contributed by atoms with E-state index in [0.717, 1.165) is 5.56 Å². The molecule has 2 rings (SSSR count). The van der Waals surface area contributed by atoms with Crippen LogP contribution in [-0.4, -0.2) is 9.78 Å². The number of hydrogen-bond acceptors (Lipinski definition) is 2. The summed E-state index contributed by atoms with van der Waals surface area (Å²) in [6.45, 7) is 0.678. The second-order valence-corrected chi connectivity index (χ2v) is 3.36. The van der Waals surface area contributed by atoms with Crippen LogP contribution in [-0.2, 0) is 13.6 Å². The fourth-order valence-electron chi connectivity index (χ4n) is 1.47. The molecule has 1 aromatic heterocycles. The van der Waals surface area contributed by atoms with Crippen molar-refractivity contribution in [1.82, 2.24) is 9.78 Å². The summed E-state index contributed by atoms with van der Waals surface area (Å²) in [6, 6.07) is 9.77. The van der Waals surface area contributed by atoms with E-state index in [2.05, 4.69) is 11.2 Å². The predicted octanol–water partition coefficient (Wildman–Crippen LogP) is -2.37. The zero-order chi connectivity index (χ0) is 10.7. The van der Waals surface area contributed by atoms with E-state index >= 15 is 0 Å². The number of aryl methyl sites for hydroxylation is 1. The fourth-order valence-corrected chi connectivity index (χ4v) is 1.47. The maximum absolute atomic E-state index is 8.92. The monoisotopic (exact) mass is 278 g/mol. The molecule has 0 spiro atoms. The SMILES string of the molecule is Cn1c[n+](Cc2ccccc2C#N)cn1.[Br-]. The van der Waals surface area contributed by atoms with E-state index in [-0.39, 0.29) is 17.0 Å². The Bertz CT molecular complexity index is 513. The van der Waals surface area contributed by atoms with E-state index in [1.165, 1.54) is 0 Å². The number of benzene rings is 1. The van der Waals surface area contributed by atoms with Crippen molar-refractivity contribution in [1.29, 1.82) is 5.26 Å². The van der Waals surface area contributed by atoms with Gasteiger partial charge in [0.05, 0.1) is 25.2 Å². The zero-order valence-corrected chi connectivity index (χ0v) is 10.4. The largest absolute Gasteiger partial charge is 1.00 e. The van der Waals surface area contributed by atoms with Crippen LogP contribution in [0.4, 0.5) is 0 Å². The predicted molar refractivity (Wildman–Crippen MR) is 53.7 cm³/mol. The highest BCUT2D eigenvalue weighted by Crippen LogP contribution is 2.05. The normalized spacial score (nSPS) is 9.25. The topological polar surface area (TPSA) is 45.5 Å². The van der Waals surface area contributed by atoms with E-state index in [1.54, 1.807) is 11.0 Å². The molecule has 2 aromatic rings. The Labute approximate surface area is 105 Å². The molecular formula is C11H11BrN4. The lowest BCUT2D eigenvalue weighted by molar-refractivity contribution is -0.689. The second kappa shape index (κ2) is 5.42. The first kappa shape index (κ1) is 12.4. The van der Waals surface area contributed by atoms with Gasteiger partial charge in [0.25, 0.3) is 6.33 Å². The van der Waals surface area contributed by atoms with Crippen molar-refractivity contribution in [2.45, 2.75) is 6.54 Å². The van der Waals surface area contributed by atoms with Crippen molar-refractivity contribution in [3.63, 3.8) is 0 Å². The van der Waals surface area contributed by atoms with E-state index < -0.39 is 0 Å². The average molecular weight is 279 g/mol. The number of aromatic nitrogens is 3. The number of nitriles is 1. The van der Waals surface area contributed by atoms with Crippen LogP contribution in [0.25, 0.3) is 0 Å². The van der Waals surface area contributed by atoms with E-state index in [1.807, 2.05) is 42.2 Å². The van der Waals surface area contributed by atoms with Crippen LogP contribution in [0.5, 0.6) is 0 Å². The fraction of sp³-hybridized carbons (Fsp3) is 0.182. The molecule has 0 atom stereocenters. The summed E-state index contributed by atoms with van der Waals surface area (Å²) in [5.74, 6) is 0. The van der Waals surface area contributed by atoms with Crippen molar-refractivity contribution in [2.75, 3.05) is 0 Å². The Morgan fingerprint density at radius 2 is 2.19 bits per heavy atom. The van der Waals surface area contributed by atoms with Gasteiger partial charge in [0, 0.05) is 10.7 Å². The van der Waals surface area contributed by atoms with Gasteiger partial charge < -0.3 is 17.0 Å². The van der Waals surface area contributed by atoms with E-state index in [0.29, 0.717) is 12.1 Å². The first-order valence-corrected chi connectivity index (χ1v) is 4.65. The standard InChI is InChI=1S/C11H11N4.BrH/c1-14-9-15(8-13-14)7-11-5-3-2-4-10(11)6-12;/h2-5,8-9H,7H2,1H3;1H/q+1;/p-1. The van der Waals surface area contributed by atoms with Crippen molar-refractivity contribution in [2.24, 2.45) is 7.05 Å². The lowest BCUT2D eigenvalue weighted by Gasteiger charge is -1.99. The third-order valence-corrected chi connectivity index (χ3v) is 2.19. The molecule has 0 aliphatic rings. The molecule has 4 nitrogen and oxygen atoms in total. The molecule has 1 aromatic carbocycles. The maximum Gasteiger partial charge on any atom is 0.265 e. The van der Waals surface area contributed by atoms with Crippen LogP contribution in [0.1, 0.15) is 11.1 Å². The minimum absolute atomic E-state index is 0. The first-order valence-electron chi connectivity index (χ1n) is 4.65. The summed E-state index contributed by atoms with van der Waals surface area (Å²) in [7, 11) is 1.87. The molecule has 0 N–H and O–H groups in total. The highest BCUT2D eigenvalue weighted by Gasteiger charge is 2.05. The number of halogens is 1. The Morgan fingerprint density at radius 3 is 2.81 bits per heavy atom. The summed E-state index contributed by atoms with van der Waals surface area (Å²) in [4.78, 5) is 0. The van der Waals surface area contributed by atoms with Crippen LogP contribution < -0.4 is 21.5 Å². The molecule has 0 amide bonds. The molecule has 1 heterocycles. The minimum atomic E-state index is 0. The lowest BCUT2D eigenvalue weighted by Crippen LogP contribution is -3.00. The third-order valence-electron chi connectivity index (χ3n) is 2.19. The molecule has 0 saturated carbocycles. The van der Waals surface area contributed by atoms with Gasteiger partial charge >= 0.3 is 0 Å². The Morgan fingerprint density at radius 1 is 1.44 bits per heavy atom. The van der Waals surface area contributed by atoms with Gasteiger partial charge in [-0.2, -0.15) is 5.26 Å². The van der Waals surface area contributed by atoms with Gasteiger partial charge in [-0.05, 0) is 6.07 Å². The summed E-state index contributed by atoms with van der Waals surface area (Å²) in [6.07, 6.45) is 3.63. The molecule has 82 valence electrons. The van der Waals surface area contributed by atoms with E-state index in [9.17, 15) is 0 Å². The molecule has 0 aliphatic carbocycles. The molecule has 0 bridgehead atoms. The number of hydrogen-bond donors (Lipinski definition) is 0. The highest BCUT2D eigenvalue weighted by atomic mass is 79.9. The Balaban J connectivity index is 0.00000128. The summed E-state index contributed by atoms with van der Waals surface area (Å²) < 4.78 is 3.67. The molecule has 0 fully saturated rings. The van der Waals surface area contributed by atoms with Crippen LogP contribution >= 0.6 is 0 Å². The summed E-state index contributed by atoms with van der Waals surface area (Å²) in [5.41, 5.74) is 1.73. The first-order chi connectivity index (χ1) is 7.29. The van der Waals surface area contributed by atoms with Gasteiger partial charge in [0.15, 0.2) is 0 Å². The van der Waals surface area contributed by atoms with Crippen LogP contribution in [0, 0.1) is 11.3 Å². The van der Waals surface area contributed by atoms with E-state index in [4.69, 9.17) is 5.26 Å². The van der Waals surface area contributed by atoms with Gasteiger partial charge in [0.1, 0.15) is 0 Å². The van der Waals surface area contributed by atoms with Crippen LogP contribution in [0.15, 0.2) is 36.9 Å². The molecular weight excluding hydrogens is 268 g/mol. The molecule has 0 aliphatic heterocycles. The van der Waals surface area contributed by atoms with Crippen LogP contribution in [0.2, 0.25) is 0 Å². The average Bonchev–Trinajstić information content (AvgIpc) is 2.65. The summed E-state index contributed by atoms with van der Waals surface area (Å²) in [5, 5.41) is 13.0. The Hall–Kier alpha value is -1.67. The molecule has 0 unspecified atom stereocenters. The van der Waals surface area contributed by atoms with Gasteiger partial charge in [-0.25, -0.2) is 4.57 Å². The number of nitrogens with zero attached hydrogens (tertiary/aromatic N) is 4. The molecule has 0 radical (unpaired) electrons. The van der Waals surface area contributed by atoms with Gasteiger partial charge in [-0.1, -0.05) is 18.2 Å². The molecule has 0 saturated heterocycles. The second-order valence-electron chi connectivity index (χ2n) is 3.36.